The lowest BCUT2D eigenvalue weighted by Gasteiger charge is -2.15. The fourth-order valence-electron chi connectivity index (χ4n) is 1.05. The number of hydrogen-bond donors (Lipinski definition) is 0. The fraction of sp³-hybridized carbons (Fsp3) is 1.00. The summed E-state index contributed by atoms with van der Waals surface area (Å²) in [5.41, 5.74) is 0. The van der Waals surface area contributed by atoms with Gasteiger partial charge in [-0.2, -0.15) is 0 Å². The Labute approximate surface area is 92.9 Å². The summed E-state index contributed by atoms with van der Waals surface area (Å²) in [5, 5.41) is 0. The van der Waals surface area contributed by atoms with E-state index in [1.54, 1.807) is 0 Å². The van der Waals surface area contributed by atoms with Crippen LogP contribution in [0.2, 0.25) is 0 Å². The van der Waals surface area contributed by atoms with E-state index in [2.05, 4.69) is 6.92 Å². The van der Waals surface area contributed by atoms with E-state index in [4.69, 9.17) is 13.6 Å². The van der Waals surface area contributed by atoms with Crippen LogP contribution in [0.5, 0.6) is 0 Å². The first-order valence-corrected chi connectivity index (χ1v) is 7.09. The Morgan fingerprint density at radius 3 is 2.13 bits per heavy atom. The summed E-state index contributed by atoms with van der Waals surface area (Å²) in [7, 11) is -1.92. The Bertz CT molecular complexity index is 184. The molecule has 0 fully saturated rings. The predicted octanol–water partition coefficient (Wildman–Crippen LogP) is 3.76. The fourth-order valence-corrected chi connectivity index (χ4v) is 2.10. The summed E-state index contributed by atoms with van der Waals surface area (Å²) in [5.74, 6) is 0. The molecule has 0 aliphatic heterocycles. The molecule has 0 amide bonds. The highest BCUT2D eigenvalue weighted by Crippen LogP contribution is 2.48. The van der Waals surface area contributed by atoms with Crippen LogP contribution in [-0.4, -0.2) is 20.3 Å². The maximum absolute atomic E-state index is 11.7. The van der Waals surface area contributed by atoms with Crippen molar-refractivity contribution in [1.82, 2.24) is 0 Å². The van der Waals surface area contributed by atoms with Crippen LogP contribution < -0.4 is 0 Å². The lowest BCUT2D eigenvalue weighted by Crippen LogP contribution is -2.00. The molecule has 15 heavy (non-hydrogen) atoms. The van der Waals surface area contributed by atoms with Crippen LogP contribution in [0.3, 0.4) is 0 Å². The van der Waals surface area contributed by atoms with Crippen molar-refractivity contribution in [3.63, 3.8) is 0 Å². The Kier molecular flexibility index (Phi) is 9.41. The van der Waals surface area contributed by atoms with Gasteiger partial charge in [0.05, 0.1) is 13.2 Å². The van der Waals surface area contributed by atoms with Gasteiger partial charge in [-0.3, -0.25) is 13.6 Å². The van der Waals surface area contributed by atoms with Crippen molar-refractivity contribution < 1.29 is 18.1 Å². The molecule has 0 spiro atoms. The molecule has 0 aromatic heterocycles. The standard InChI is InChI=1S/C10H23O4P/c1-4-6-7-8-10-14-15(11,12-3)13-9-5-2/h4-10H2,1-3H3. The van der Waals surface area contributed by atoms with Gasteiger partial charge in [0, 0.05) is 7.11 Å². The number of phosphoric acid groups is 1. The Balaban J connectivity index is 3.63. The van der Waals surface area contributed by atoms with E-state index in [-0.39, 0.29) is 0 Å². The second-order valence-corrected chi connectivity index (χ2v) is 5.13. The largest absolute Gasteiger partial charge is 0.474 e. The van der Waals surface area contributed by atoms with Crippen LogP contribution >= 0.6 is 7.82 Å². The van der Waals surface area contributed by atoms with Gasteiger partial charge in [-0.15, -0.1) is 0 Å². The minimum Gasteiger partial charge on any atom is -0.290 e. The van der Waals surface area contributed by atoms with Crippen molar-refractivity contribution in [2.24, 2.45) is 0 Å². The summed E-state index contributed by atoms with van der Waals surface area (Å²) in [6.45, 7) is 4.93. The minimum absolute atomic E-state index is 0.403. The van der Waals surface area contributed by atoms with Gasteiger partial charge in [0.1, 0.15) is 0 Å². The molecule has 0 aromatic rings. The quantitative estimate of drug-likeness (QED) is 0.429. The van der Waals surface area contributed by atoms with E-state index in [0.717, 1.165) is 19.3 Å². The lowest BCUT2D eigenvalue weighted by atomic mass is 10.2. The molecule has 0 bridgehead atoms. The van der Waals surface area contributed by atoms with Gasteiger partial charge in [-0.25, -0.2) is 4.57 Å². The third kappa shape index (κ3) is 7.97. The highest BCUT2D eigenvalue weighted by molar-refractivity contribution is 7.48. The monoisotopic (exact) mass is 238 g/mol. The average Bonchev–Trinajstić information content (AvgIpc) is 2.26. The molecule has 0 aliphatic rings. The van der Waals surface area contributed by atoms with Crippen LogP contribution in [0.15, 0.2) is 0 Å². The third-order valence-corrected chi connectivity index (χ3v) is 3.37. The van der Waals surface area contributed by atoms with Gasteiger partial charge in [0.25, 0.3) is 0 Å². The van der Waals surface area contributed by atoms with Crippen molar-refractivity contribution in [3.8, 4) is 0 Å². The molecule has 0 radical (unpaired) electrons. The SMILES string of the molecule is CCCCCCOP(=O)(OC)OCCC. The van der Waals surface area contributed by atoms with Gasteiger partial charge in [-0.1, -0.05) is 33.1 Å². The molecule has 0 saturated heterocycles. The summed E-state index contributed by atoms with van der Waals surface area (Å²) < 4.78 is 26.6. The molecule has 0 heterocycles. The van der Waals surface area contributed by atoms with Crippen LogP contribution in [-0.2, 0) is 18.1 Å². The lowest BCUT2D eigenvalue weighted by molar-refractivity contribution is 0.129. The van der Waals surface area contributed by atoms with Crippen LogP contribution in [0.1, 0.15) is 46.0 Å². The van der Waals surface area contributed by atoms with Crippen molar-refractivity contribution in [2.75, 3.05) is 20.3 Å². The molecule has 0 N–H and O–H groups in total. The number of unbranched alkanes of at least 4 members (excludes halogenated alkanes) is 3. The van der Waals surface area contributed by atoms with Crippen LogP contribution in [0.4, 0.5) is 0 Å². The summed E-state index contributed by atoms with van der Waals surface area (Å²) in [6.07, 6.45) is 5.14. The minimum atomic E-state index is -3.27. The molecule has 5 heteroatoms. The van der Waals surface area contributed by atoms with Crippen LogP contribution in [0.25, 0.3) is 0 Å². The number of phosphoric ester groups is 1. The first kappa shape index (κ1) is 15.1. The summed E-state index contributed by atoms with van der Waals surface area (Å²) >= 11 is 0. The van der Waals surface area contributed by atoms with Gasteiger partial charge in [0.15, 0.2) is 0 Å². The van der Waals surface area contributed by atoms with E-state index in [1.807, 2.05) is 6.92 Å². The normalized spacial score (nSPS) is 15.1. The zero-order chi connectivity index (χ0) is 11.6. The predicted molar refractivity (Wildman–Crippen MR) is 61.0 cm³/mol. The first-order valence-electron chi connectivity index (χ1n) is 5.63. The molecule has 92 valence electrons. The molecule has 0 rings (SSSR count). The zero-order valence-corrected chi connectivity index (χ0v) is 10.9. The number of hydrogen-bond acceptors (Lipinski definition) is 4. The Morgan fingerprint density at radius 2 is 1.60 bits per heavy atom. The van der Waals surface area contributed by atoms with Gasteiger partial charge >= 0.3 is 7.82 Å². The van der Waals surface area contributed by atoms with Gasteiger partial charge in [-0.05, 0) is 12.8 Å². The molecule has 0 aromatic carbocycles. The van der Waals surface area contributed by atoms with Crippen molar-refractivity contribution >= 4 is 7.82 Å². The van der Waals surface area contributed by atoms with Crippen LogP contribution in [0, 0.1) is 0 Å². The van der Waals surface area contributed by atoms with Gasteiger partial charge < -0.3 is 0 Å². The molecule has 0 aliphatic carbocycles. The average molecular weight is 238 g/mol. The molecular weight excluding hydrogens is 215 g/mol. The van der Waals surface area contributed by atoms with E-state index in [1.165, 1.54) is 20.0 Å². The molecule has 0 saturated carbocycles. The topological polar surface area (TPSA) is 44.8 Å². The molecule has 1 atom stereocenters. The smallest absolute Gasteiger partial charge is 0.290 e. The molecule has 1 unspecified atom stereocenters. The second kappa shape index (κ2) is 9.34. The van der Waals surface area contributed by atoms with Crippen molar-refractivity contribution in [2.45, 2.75) is 46.0 Å². The maximum Gasteiger partial charge on any atom is 0.474 e. The van der Waals surface area contributed by atoms with E-state index in [0.29, 0.717) is 13.2 Å². The van der Waals surface area contributed by atoms with Gasteiger partial charge in [0.2, 0.25) is 0 Å². The second-order valence-electron chi connectivity index (χ2n) is 3.36. The Hall–Kier alpha value is 0.110. The van der Waals surface area contributed by atoms with E-state index in [9.17, 15) is 4.57 Å². The third-order valence-electron chi connectivity index (χ3n) is 1.92. The molecule has 4 nitrogen and oxygen atoms in total. The molecular formula is C10H23O4P. The van der Waals surface area contributed by atoms with E-state index < -0.39 is 7.82 Å². The Morgan fingerprint density at radius 1 is 0.933 bits per heavy atom. The summed E-state index contributed by atoms with van der Waals surface area (Å²) in [6, 6.07) is 0. The van der Waals surface area contributed by atoms with E-state index >= 15 is 0 Å². The number of rotatable bonds is 10. The highest BCUT2D eigenvalue weighted by atomic mass is 31.2. The van der Waals surface area contributed by atoms with Crippen molar-refractivity contribution in [3.05, 3.63) is 0 Å². The zero-order valence-electron chi connectivity index (χ0n) is 10.0. The summed E-state index contributed by atoms with van der Waals surface area (Å²) in [4.78, 5) is 0. The van der Waals surface area contributed by atoms with Crippen molar-refractivity contribution in [1.29, 1.82) is 0 Å². The first-order chi connectivity index (χ1) is 7.18. The highest BCUT2D eigenvalue weighted by Gasteiger charge is 2.23. The maximum atomic E-state index is 11.7.